The lowest BCUT2D eigenvalue weighted by atomic mass is 9.83. The third-order valence-electron chi connectivity index (χ3n) is 5.34. The molecule has 2 aromatic carbocycles. The van der Waals surface area contributed by atoms with Gasteiger partial charge in [-0.05, 0) is 105 Å². The monoisotopic (exact) mass is 296 g/mol. The molecular weight excluding hydrogens is 268 g/mol. The summed E-state index contributed by atoms with van der Waals surface area (Å²) < 4.78 is 0. The van der Waals surface area contributed by atoms with Gasteiger partial charge in [0.2, 0.25) is 0 Å². The van der Waals surface area contributed by atoms with Crippen molar-refractivity contribution in [3.8, 4) is 0 Å². The van der Waals surface area contributed by atoms with E-state index in [9.17, 15) is 5.11 Å². The van der Waals surface area contributed by atoms with Crippen LogP contribution in [0.2, 0.25) is 0 Å². The van der Waals surface area contributed by atoms with Crippen LogP contribution in [0.5, 0.6) is 0 Å². The highest BCUT2D eigenvalue weighted by Crippen LogP contribution is 2.36. The molecular formula is C21H28O. The Hall–Kier alpha value is -1.60. The third-order valence-corrected chi connectivity index (χ3v) is 5.34. The molecule has 0 aliphatic rings. The number of hydrogen-bond donors (Lipinski definition) is 1. The molecule has 2 rings (SSSR count). The van der Waals surface area contributed by atoms with Crippen molar-refractivity contribution < 1.29 is 5.11 Å². The van der Waals surface area contributed by atoms with E-state index in [4.69, 9.17) is 0 Å². The smallest absolute Gasteiger partial charge is 0.105 e. The molecule has 118 valence electrons. The van der Waals surface area contributed by atoms with Gasteiger partial charge in [0.15, 0.2) is 0 Å². The van der Waals surface area contributed by atoms with Crippen LogP contribution in [0.1, 0.15) is 61.7 Å². The van der Waals surface area contributed by atoms with Crippen molar-refractivity contribution in [1.29, 1.82) is 0 Å². The van der Waals surface area contributed by atoms with Crippen molar-refractivity contribution >= 4 is 0 Å². The van der Waals surface area contributed by atoms with Crippen LogP contribution >= 0.6 is 0 Å². The van der Waals surface area contributed by atoms with Crippen LogP contribution in [-0.4, -0.2) is 5.11 Å². The van der Waals surface area contributed by atoms with E-state index in [1.54, 1.807) is 0 Å². The van der Waals surface area contributed by atoms with Crippen molar-refractivity contribution in [2.75, 3.05) is 0 Å². The fraction of sp³-hybridized carbons (Fsp3) is 0.429. The molecule has 0 fully saturated rings. The molecule has 0 spiro atoms. The lowest BCUT2D eigenvalue weighted by Crippen LogP contribution is -2.11. The highest BCUT2D eigenvalue weighted by atomic mass is 16.3. The number of aliphatic hydroxyl groups excluding tert-OH is 1. The Bertz CT molecular complexity index is 686. The zero-order chi connectivity index (χ0) is 16.8. The molecule has 0 aliphatic carbocycles. The summed E-state index contributed by atoms with van der Waals surface area (Å²) in [6, 6.07) is 4.31. The van der Waals surface area contributed by atoms with Gasteiger partial charge in [0.1, 0.15) is 6.10 Å². The molecule has 2 aromatic rings. The lowest BCUT2D eigenvalue weighted by molar-refractivity contribution is 0.217. The molecule has 0 radical (unpaired) electrons. The van der Waals surface area contributed by atoms with Crippen LogP contribution in [0, 0.1) is 55.4 Å². The van der Waals surface area contributed by atoms with Crippen LogP contribution in [-0.2, 0) is 0 Å². The SMILES string of the molecule is Cc1cc(C)c([C@@H](O)c2c(C)c(C)c(C)c(C)c2C)c(C)c1. The van der Waals surface area contributed by atoms with Gasteiger partial charge in [-0.2, -0.15) is 0 Å². The van der Waals surface area contributed by atoms with Crippen molar-refractivity contribution in [2.45, 2.75) is 61.5 Å². The quantitative estimate of drug-likeness (QED) is 0.804. The first-order valence-electron chi connectivity index (χ1n) is 7.99. The lowest BCUT2D eigenvalue weighted by Gasteiger charge is -2.25. The van der Waals surface area contributed by atoms with Crippen LogP contribution in [0.4, 0.5) is 0 Å². The average Bonchev–Trinajstić information content (AvgIpc) is 2.42. The summed E-state index contributed by atoms with van der Waals surface area (Å²) in [5.74, 6) is 0. The maximum absolute atomic E-state index is 11.1. The first kappa shape index (κ1) is 16.8. The fourth-order valence-corrected chi connectivity index (χ4v) is 3.71. The molecule has 0 aliphatic heterocycles. The molecule has 0 bridgehead atoms. The molecule has 22 heavy (non-hydrogen) atoms. The highest BCUT2D eigenvalue weighted by molar-refractivity contribution is 5.54. The Labute approximate surface area is 135 Å². The van der Waals surface area contributed by atoms with Gasteiger partial charge in [-0.25, -0.2) is 0 Å². The van der Waals surface area contributed by atoms with E-state index in [0.29, 0.717) is 0 Å². The van der Waals surface area contributed by atoms with Crippen molar-refractivity contribution in [2.24, 2.45) is 0 Å². The largest absolute Gasteiger partial charge is 0.384 e. The third kappa shape index (κ3) is 2.59. The average molecular weight is 296 g/mol. The highest BCUT2D eigenvalue weighted by Gasteiger charge is 2.22. The molecule has 0 unspecified atom stereocenters. The Morgan fingerprint density at radius 1 is 0.591 bits per heavy atom. The van der Waals surface area contributed by atoms with E-state index < -0.39 is 6.10 Å². The summed E-state index contributed by atoms with van der Waals surface area (Å²) in [6.07, 6.45) is -0.557. The van der Waals surface area contributed by atoms with Gasteiger partial charge in [0, 0.05) is 0 Å². The van der Waals surface area contributed by atoms with E-state index in [1.165, 1.54) is 44.5 Å². The Morgan fingerprint density at radius 2 is 0.955 bits per heavy atom. The molecule has 0 heterocycles. The van der Waals surface area contributed by atoms with Gasteiger partial charge < -0.3 is 5.11 Å². The second kappa shape index (κ2) is 5.89. The van der Waals surface area contributed by atoms with Crippen LogP contribution in [0.15, 0.2) is 12.1 Å². The van der Waals surface area contributed by atoms with E-state index in [1.807, 2.05) is 0 Å². The summed E-state index contributed by atoms with van der Waals surface area (Å²) in [5, 5.41) is 11.1. The van der Waals surface area contributed by atoms with E-state index in [0.717, 1.165) is 11.1 Å². The van der Waals surface area contributed by atoms with Crippen LogP contribution in [0.3, 0.4) is 0 Å². The van der Waals surface area contributed by atoms with Crippen molar-refractivity contribution in [1.82, 2.24) is 0 Å². The topological polar surface area (TPSA) is 20.2 Å². The number of rotatable bonds is 2. The van der Waals surface area contributed by atoms with Gasteiger partial charge in [-0.3, -0.25) is 0 Å². The van der Waals surface area contributed by atoms with Crippen molar-refractivity contribution in [3.63, 3.8) is 0 Å². The molecule has 0 aromatic heterocycles. The van der Waals surface area contributed by atoms with E-state index in [2.05, 4.69) is 67.5 Å². The van der Waals surface area contributed by atoms with E-state index in [-0.39, 0.29) is 0 Å². The first-order chi connectivity index (χ1) is 10.2. The fourth-order valence-electron chi connectivity index (χ4n) is 3.71. The maximum atomic E-state index is 11.1. The first-order valence-corrected chi connectivity index (χ1v) is 7.99. The molecule has 1 nitrogen and oxygen atoms in total. The zero-order valence-electron chi connectivity index (χ0n) is 15.2. The normalized spacial score (nSPS) is 12.6. The molecule has 0 saturated carbocycles. The Balaban J connectivity index is 2.73. The van der Waals surface area contributed by atoms with Crippen LogP contribution in [0.25, 0.3) is 0 Å². The van der Waals surface area contributed by atoms with Gasteiger partial charge in [-0.15, -0.1) is 0 Å². The molecule has 1 N–H and O–H groups in total. The molecule has 0 saturated heterocycles. The number of aliphatic hydroxyl groups is 1. The Kier molecular flexibility index (Phi) is 4.49. The second-order valence-corrected chi connectivity index (χ2v) is 6.75. The summed E-state index contributed by atoms with van der Waals surface area (Å²) in [7, 11) is 0. The molecule has 1 heteroatoms. The summed E-state index contributed by atoms with van der Waals surface area (Å²) in [5.41, 5.74) is 12.1. The van der Waals surface area contributed by atoms with Gasteiger partial charge in [0.05, 0.1) is 0 Å². The predicted molar refractivity (Wildman–Crippen MR) is 94.8 cm³/mol. The van der Waals surface area contributed by atoms with Gasteiger partial charge in [-0.1, -0.05) is 17.7 Å². The molecule has 1 atom stereocenters. The van der Waals surface area contributed by atoms with Crippen LogP contribution < -0.4 is 0 Å². The standard InChI is InChI=1S/C21H28O/c1-11-9-12(2)19(13(3)10-11)21(22)20-17(7)15(5)14(4)16(6)18(20)8/h9-10,21-22H,1-8H3/t21-/m1/s1. The van der Waals surface area contributed by atoms with E-state index >= 15 is 0 Å². The second-order valence-electron chi connectivity index (χ2n) is 6.75. The maximum Gasteiger partial charge on any atom is 0.105 e. The minimum absolute atomic E-state index is 0.557. The van der Waals surface area contributed by atoms with Crippen molar-refractivity contribution in [3.05, 3.63) is 67.8 Å². The number of hydrogen-bond acceptors (Lipinski definition) is 1. The number of benzene rings is 2. The van der Waals surface area contributed by atoms with Gasteiger partial charge in [0.25, 0.3) is 0 Å². The predicted octanol–water partition coefficient (Wildman–Crippen LogP) is 5.24. The van der Waals surface area contributed by atoms with Gasteiger partial charge >= 0.3 is 0 Å². The minimum atomic E-state index is -0.557. The molecule has 0 amide bonds. The summed E-state index contributed by atoms with van der Waals surface area (Å²) in [6.45, 7) is 17.0. The summed E-state index contributed by atoms with van der Waals surface area (Å²) in [4.78, 5) is 0. The Morgan fingerprint density at radius 3 is 1.36 bits per heavy atom. The minimum Gasteiger partial charge on any atom is -0.384 e. The zero-order valence-corrected chi connectivity index (χ0v) is 15.2. The number of aryl methyl sites for hydroxylation is 3. The summed E-state index contributed by atoms with van der Waals surface area (Å²) >= 11 is 0.